The number of amides is 1. The van der Waals surface area contributed by atoms with E-state index >= 15 is 0 Å². The van der Waals surface area contributed by atoms with Crippen molar-refractivity contribution in [2.75, 3.05) is 0 Å². The minimum absolute atomic E-state index is 0.0187. The molecule has 2 aromatic rings. The van der Waals surface area contributed by atoms with Crippen LogP contribution in [0.1, 0.15) is 30.5 Å². The van der Waals surface area contributed by atoms with E-state index in [1.165, 1.54) is 0 Å². The van der Waals surface area contributed by atoms with Gasteiger partial charge in [-0.15, -0.1) is 0 Å². The molecule has 2 nitrogen and oxygen atoms in total. The summed E-state index contributed by atoms with van der Waals surface area (Å²) in [6, 6.07) is 19.9. The summed E-state index contributed by atoms with van der Waals surface area (Å²) in [4.78, 5) is 12.0. The Morgan fingerprint density at radius 3 is 1.85 bits per heavy atom. The molecule has 104 valence electrons. The molecule has 0 aromatic heterocycles. The van der Waals surface area contributed by atoms with Gasteiger partial charge in [0.25, 0.3) is 0 Å². The zero-order valence-corrected chi connectivity index (χ0v) is 13.0. The van der Waals surface area contributed by atoms with Crippen LogP contribution in [0.4, 0.5) is 0 Å². The first-order chi connectivity index (χ1) is 9.72. The van der Waals surface area contributed by atoms with E-state index in [1.54, 1.807) is 0 Å². The summed E-state index contributed by atoms with van der Waals surface area (Å²) < 4.78 is 0. The molecule has 0 bridgehead atoms. The number of hydrogen-bond donors (Lipinski definition) is 1. The Morgan fingerprint density at radius 1 is 1.00 bits per heavy atom. The van der Waals surface area contributed by atoms with Crippen molar-refractivity contribution in [1.29, 1.82) is 0 Å². The van der Waals surface area contributed by atoms with Crippen molar-refractivity contribution in [3.8, 4) is 0 Å². The Bertz CT molecular complexity index is 502. The van der Waals surface area contributed by atoms with Gasteiger partial charge in [0.15, 0.2) is 0 Å². The molecule has 0 spiro atoms. The van der Waals surface area contributed by atoms with E-state index in [2.05, 4.69) is 21.2 Å². The van der Waals surface area contributed by atoms with Crippen molar-refractivity contribution in [1.82, 2.24) is 5.32 Å². The predicted molar refractivity (Wildman–Crippen MR) is 85.9 cm³/mol. The van der Waals surface area contributed by atoms with E-state index in [-0.39, 0.29) is 16.8 Å². The van der Waals surface area contributed by atoms with Gasteiger partial charge in [-0.3, -0.25) is 4.79 Å². The van der Waals surface area contributed by atoms with Gasteiger partial charge in [0.2, 0.25) is 5.91 Å². The van der Waals surface area contributed by atoms with Gasteiger partial charge in [-0.05, 0) is 17.5 Å². The number of nitrogens with one attached hydrogen (secondary N) is 1. The molecule has 1 unspecified atom stereocenters. The zero-order valence-electron chi connectivity index (χ0n) is 11.4. The van der Waals surface area contributed by atoms with Crippen LogP contribution in [0.5, 0.6) is 0 Å². The first-order valence-electron chi connectivity index (χ1n) is 6.76. The van der Waals surface area contributed by atoms with Crippen LogP contribution >= 0.6 is 15.9 Å². The van der Waals surface area contributed by atoms with Crippen LogP contribution in [0.3, 0.4) is 0 Å². The largest absolute Gasteiger partial charge is 0.344 e. The van der Waals surface area contributed by atoms with E-state index in [4.69, 9.17) is 0 Å². The molecular formula is C17H18BrNO. The summed E-state index contributed by atoms with van der Waals surface area (Å²) >= 11 is 3.40. The average molecular weight is 332 g/mol. The normalized spacial score (nSPS) is 12.2. The Morgan fingerprint density at radius 2 is 1.45 bits per heavy atom. The van der Waals surface area contributed by atoms with Crippen molar-refractivity contribution in [2.45, 2.75) is 24.2 Å². The van der Waals surface area contributed by atoms with Gasteiger partial charge in [0.1, 0.15) is 0 Å². The van der Waals surface area contributed by atoms with Crippen LogP contribution in [-0.4, -0.2) is 10.7 Å². The van der Waals surface area contributed by atoms with E-state index in [1.807, 2.05) is 67.6 Å². The summed E-state index contributed by atoms with van der Waals surface area (Å²) in [5.41, 5.74) is 2.17. The maximum Gasteiger partial charge on any atom is 0.234 e. The van der Waals surface area contributed by atoms with Gasteiger partial charge in [-0.25, -0.2) is 0 Å². The van der Waals surface area contributed by atoms with Crippen LogP contribution in [-0.2, 0) is 4.79 Å². The van der Waals surface area contributed by atoms with Crippen molar-refractivity contribution in [2.24, 2.45) is 0 Å². The summed E-state index contributed by atoms with van der Waals surface area (Å²) in [5.74, 6) is 0.0187. The lowest BCUT2D eigenvalue weighted by atomic mass is 9.98. The molecule has 1 N–H and O–H groups in total. The second-order valence-corrected chi connectivity index (χ2v) is 5.74. The molecule has 2 aromatic carbocycles. The lowest BCUT2D eigenvalue weighted by Gasteiger charge is -2.21. The third-order valence-corrected chi connectivity index (χ3v) is 4.26. The Kier molecular flexibility index (Phi) is 5.36. The quantitative estimate of drug-likeness (QED) is 0.822. The average Bonchev–Trinajstić information content (AvgIpc) is 2.53. The molecule has 0 aliphatic carbocycles. The van der Waals surface area contributed by atoms with Crippen LogP contribution < -0.4 is 5.32 Å². The number of benzene rings is 2. The zero-order chi connectivity index (χ0) is 14.4. The van der Waals surface area contributed by atoms with Crippen LogP contribution in [0.25, 0.3) is 0 Å². The topological polar surface area (TPSA) is 29.1 Å². The fraction of sp³-hybridized carbons (Fsp3) is 0.235. The highest BCUT2D eigenvalue weighted by atomic mass is 79.9. The van der Waals surface area contributed by atoms with Crippen LogP contribution in [0, 0.1) is 0 Å². The van der Waals surface area contributed by atoms with Crippen molar-refractivity contribution >= 4 is 21.8 Å². The molecule has 1 amide bonds. The molecule has 20 heavy (non-hydrogen) atoms. The maximum absolute atomic E-state index is 12.2. The highest BCUT2D eigenvalue weighted by Gasteiger charge is 2.20. The molecule has 0 aliphatic rings. The van der Waals surface area contributed by atoms with Crippen LogP contribution in [0.15, 0.2) is 60.7 Å². The lowest BCUT2D eigenvalue weighted by Crippen LogP contribution is -2.34. The molecule has 0 saturated heterocycles. The molecule has 2 rings (SSSR count). The third-order valence-electron chi connectivity index (χ3n) is 3.20. The number of hydrogen-bond acceptors (Lipinski definition) is 1. The number of carbonyl (C=O) groups excluding carboxylic acids is 1. The molecule has 0 saturated carbocycles. The first kappa shape index (κ1) is 14.8. The fourth-order valence-electron chi connectivity index (χ4n) is 2.07. The van der Waals surface area contributed by atoms with Crippen molar-refractivity contribution < 1.29 is 4.79 Å². The number of carbonyl (C=O) groups is 1. The molecule has 3 heteroatoms. The van der Waals surface area contributed by atoms with Crippen molar-refractivity contribution in [3.63, 3.8) is 0 Å². The van der Waals surface area contributed by atoms with E-state index in [9.17, 15) is 4.79 Å². The molecule has 0 aliphatic heterocycles. The maximum atomic E-state index is 12.2. The SMILES string of the molecule is CCC(Br)C(=O)NC(c1ccccc1)c1ccccc1. The fourth-order valence-corrected chi connectivity index (χ4v) is 2.20. The van der Waals surface area contributed by atoms with E-state index in [0.717, 1.165) is 17.5 Å². The number of halogens is 1. The number of rotatable bonds is 5. The molecule has 0 fully saturated rings. The summed E-state index contributed by atoms with van der Waals surface area (Å²) in [7, 11) is 0. The minimum atomic E-state index is -0.155. The Balaban J connectivity index is 2.28. The molecule has 0 radical (unpaired) electrons. The van der Waals surface area contributed by atoms with E-state index < -0.39 is 0 Å². The first-order valence-corrected chi connectivity index (χ1v) is 7.68. The van der Waals surface area contributed by atoms with Gasteiger partial charge < -0.3 is 5.32 Å². The minimum Gasteiger partial charge on any atom is -0.344 e. The van der Waals surface area contributed by atoms with Gasteiger partial charge in [0.05, 0.1) is 10.9 Å². The monoisotopic (exact) mass is 331 g/mol. The predicted octanol–water partition coefficient (Wildman–Crippen LogP) is 4.07. The summed E-state index contributed by atoms with van der Waals surface area (Å²) in [5, 5.41) is 3.11. The molecule has 0 heterocycles. The summed E-state index contributed by atoms with van der Waals surface area (Å²) in [6.07, 6.45) is 0.766. The standard InChI is InChI=1S/C17H18BrNO/c1-2-15(18)17(20)19-16(13-9-5-3-6-10-13)14-11-7-4-8-12-14/h3-12,15-16H,2H2,1H3,(H,19,20). The lowest BCUT2D eigenvalue weighted by molar-refractivity contribution is -0.121. The summed E-state index contributed by atoms with van der Waals surface area (Å²) in [6.45, 7) is 1.99. The van der Waals surface area contributed by atoms with Crippen molar-refractivity contribution in [3.05, 3.63) is 71.8 Å². The van der Waals surface area contributed by atoms with E-state index in [0.29, 0.717) is 0 Å². The Labute approximate surface area is 128 Å². The van der Waals surface area contributed by atoms with Crippen LogP contribution in [0.2, 0.25) is 0 Å². The third kappa shape index (κ3) is 3.70. The highest BCUT2D eigenvalue weighted by molar-refractivity contribution is 9.10. The second-order valence-electron chi connectivity index (χ2n) is 4.64. The van der Waals surface area contributed by atoms with Gasteiger partial charge in [-0.2, -0.15) is 0 Å². The molecule has 1 atom stereocenters. The second kappa shape index (κ2) is 7.25. The number of alkyl halides is 1. The molecular weight excluding hydrogens is 314 g/mol. The Hall–Kier alpha value is -1.61. The highest BCUT2D eigenvalue weighted by Crippen LogP contribution is 2.22. The van der Waals surface area contributed by atoms with Gasteiger partial charge >= 0.3 is 0 Å². The smallest absolute Gasteiger partial charge is 0.234 e. The van der Waals surface area contributed by atoms with Gasteiger partial charge in [-0.1, -0.05) is 83.5 Å². The van der Waals surface area contributed by atoms with Gasteiger partial charge in [0, 0.05) is 0 Å².